The van der Waals surface area contributed by atoms with E-state index in [2.05, 4.69) is 5.32 Å². The second kappa shape index (κ2) is 6.21. The monoisotopic (exact) mass is 228 g/mol. The Hall–Kier alpha value is -0.610. The molecule has 1 rings (SSSR count). The van der Waals surface area contributed by atoms with Crippen LogP contribution in [0, 0.1) is 5.41 Å². The van der Waals surface area contributed by atoms with Crippen molar-refractivity contribution in [1.29, 1.82) is 0 Å². The van der Waals surface area contributed by atoms with Gasteiger partial charge in [0.2, 0.25) is 5.91 Å². The Balaban J connectivity index is 2.43. The summed E-state index contributed by atoms with van der Waals surface area (Å²) < 4.78 is 5.28. The topological polar surface area (TPSA) is 64.3 Å². The minimum Gasteiger partial charge on any atom is -0.380 e. The number of ether oxygens (including phenoxy) is 1. The molecule has 4 nitrogen and oxygen atoms in total. The zero-order chi connectivity index (χ0) is 12.0. The molecule has 4 heteroatoms. The fraction of sp³-hybridized carbons (Fsp3) is 0.917. The van der Waals surface area contributed by atoms with Crippen LogP contribution in [0.3, 0.4) is 0 Å². The highest BCUT2D eigenvalue weighted by molar-refractivity contribution is 5.83. The Morgan fingerprint density at radius 3 is 2.62 bits per heavy atom. The van der Waals surface area contributed by atoms with Gasteiger partial charge in [0, 0.05) is 19.2 Å². The molecule has 1 amide bonds. The second-order valence-corrected chi connectivity index (χ2v) is 4.73. The van der Waals surface area contributed by atoms with Crippen LogP contribution < -0.4 is 11.1 Å². The van der Waals surface area contributed by atoms with Crippen molar-refractivity contribution >= 4 is 5.91 Å². The van der Waals surface area contributed by atoms with Crippen molar-refractivity contribution in [3.63, 3.8) is 0 Å². The molecule has 0 aliphatic heterocycles. The van der Waals surface area contributed by atoms with Crippen molar-refractivity contribution in [3.05, 3.63) is 0 Å². The molecule has 0 spiro atoms. The number of rotatable bonds is 6. The average molecular weight is 228 g/mol. The lowest BCUT2D eigenvalue weighted by Gasteiger charge is -2.27. The summed E-state index contributed by atoms with van der Waals surface area (Å²) in [6.45, 7) is 5.63. The van der Waals surface area contributed by atoms with E-state index in [0.717, 1.165) is 25.7 Å². The van der Waals surface area contributed by atoms with Gasteiger partial charge in [-0.3, -0.25) is 4.79 Å². The Morgan fingerprint density at radius 2 is 2.12 bits per heavy atom. The van der Waals surface area contributed by atoms with Gasteiger partial charge >= 0.3 is 0 Å². The van der Waals surface area contributed by atoms with Gasteiger partial charge in [0.05, 0.1) is 12.0 Å². The SMILES string of the molecule is CCOCC(C)NC(=O)C1(CN)CCCC1. The summed E-state index contributed by atoms with van der Waals surface area (Å²) in [5, 5.41) is 3.00. The maximum absolute atomic E-state index is 12.1. The molecule has 1 atom stereocenters. The molecule has 0 bridgehead atoms. The van der Waals surface area contributed by atoms with E-state index in [0.29, 0.717) is 19.8 Å². The standard InChI is InChI=1S/C12H24N2O2/c1-3-16-8-10(2)14-11(15)12(9-13)6-4-5-7-12/h10H,3-9,13H2,1-2H3,(H,14,15). The van der Waals surface area contributed by atoms with E-state index in [4.69, 9.17) is 10.5 Å². The van der Waals surface area contributed by atoms with E-state index >= 15 is 0 Å². The van der Waals surface area contributed by atoms with Gasteiger partial charge < -0.3 is 15.8 Å². The van der Waals surface area contributed by atoms with Crippen LogP contribution in [-0.4, -0.2) is 31.7 Å². The van der Waals surface area contributed by atoms with Crippen LogP contribution in [0.4, 0.5) is 0 Å². The van der Waals surface area contributed by atoms with Crippen LogP contribution in [0.1, 0.15) is 39.5 Å². The Bertz CT molecular complexity index is 225. The molecule has 1 aliphatic carbocycles. The maximum atomic E-state index is 12.1. The molecular weight excluding hydrogens is 204 g/mol. The molecule has 1 aliphatic rings. The molecule has 0 heterocycles. The van der Waals surface area contributed by atoms with Crippen molar-refractivity contribution in [2.45, 2.75) is 45.6 Å². The maximum Gasteiger partial charge on any atom is 0.227 e. The highest BCUT2D eigenvalue weighted by atomic mass is 16.5. The minimum atomic E-state index is -0.305. The summed E-state index contributed by atoms with van der Waals surface area (Å²) >= 11 is 0. The van der Waals surface area contributed by atoms with Gasteiger partial charge in [-0.1, -0.05) is 12.8 Å². The number of nitrogens with one attached hydrogen (secondary N) is 1. The van der Waals surface area contributed by atoms with Crippen LogP contribution >= 0.6 is 0 Å². The fourth-order valence-corrected chi connectivity index (χ4v) is 2.29. The van der Waals surface area contributed by atoms with Crippen LogP contribution in [0.5, 0.6) is 0 Å². The van der Waals surface area contributed by atoms with Gasteiger partial charge in [0.15, 0.2) is 0 Å². The van der Waals surface area contributed by atoms with Crippen molar-refractivity contribution < 1.29 is 9.53 Å². The van der Waals surface area contributed by atoms with E-state index < -0.39 is 0 Å². The molecule has 0 radical (unpaired) electrons. The summed E-state index contributed by atoms with van der Waals surface area (Å²) in [6, 6.07) is 0.0662. The van der Waals surface area contributed by atoms with Crippen molar-refractivity contribution in [1.82, 2.24) is 5.32 Å². The lowest BCUT2D eigenvalue weighted by Crippen LogP contribution is -2.48. The van der Waals surface area contributed by atoms with Gasteiger partial charge in [0.1, 0.15) is 0 Å². The molecule has 16 heavy (non-hydrogen) atoms. The smallest absolute Gasteiger partial charge is 0.227 e. The molecule has 0 aromatic rings. The summed E-state index contributed by atoms with van der Waals surface area (Å²) in [4.78, 5) is 12.1. The van der Waals surface area contributed by atoms with Crippen molar-refractivity contribution in [3.8, 4) is 0 Å². The molecule has 1 fully saturated rings. The lowest BCUT2D eigenvalue weighted by molar-refractivity contribution is -0.131. The molecule has 0 saturated heterocycles. The number of carbonyl (C=O) groups excluding carboxylic acids is 1. The first-order chi connectivity index (χ1) is 7.64. The lowest BCUT2D eigenvalue weighted by atomic mass is 9.85. The Kier molecular flexibility index (Phi) is 5.22. The molecule has 94 valence electrons. The predicted molar refractivity (Wildman–Crippen MR) is 64.1 cm³/mol. The number of hydrogen-bond acceptors (Lipinski definition) is 3. The number of nitrogens with two attached hydrogens (primary N) is 1. The number of hydrogen-bond donors (Lipinski definition) is 2. The molecule has 3 N–H and O–H groups in total. The molecule has 0 aromatic carbocycles. The normalized spacial score (nSPS) is 20.7. The predicted octanol–water partition coefficient (Wildman–Crippen LogP) is 1.05. The minimum absolute atomic E-state index is 0.0662. The molecular formula is C12H24N2O2. The molecule has 0 aromatic heterocycles. The summed E-state index contributed by atoms with van der Waals surface area (Å²) in [5.74, 6) is 0.111. The van der Waals surface area contributed by atoms with Crippen LogP contribution in [0.2, 0.25) is 0 Å². The highest BCUT2D eigenvalue weighted by Gasteiger charge is 2.40. The van der Waals surface area contributed by atoms with E-state index in [1.54, 1.807) is 0 Å². The van der Waals surface area contributed by atoms with Crippen LogP contribution in [-0.2, 0) is 9.53 Å². The fourth-order valence-electron chi connectivity index (χ4n) is 2.29. The Morgan fingerprint density at radius 1 is 1.50 bits per heavy atom. The zero-order valence-corrected chi connectivity index (χ0v) is 10.4. The first-order valence-electron chi connectivity index (χ1n) is 6.23. The van der Waals surface area contributed by atoms with Gasteiger partial charge in [-0.15, -0.1) is 0 Å². The van der Waals surface area contributed by atoms with Gasteiger partial charge in [0.25, 0.3) is 0 Å². The third kappa shape index (κ3) is 3.19. The second-order valence-electron chi connectivity index (χ2n) is 4.73. The van der Waals surface area contributed by atoms with Gasteiger partial charge in [-0.25, -0.2) is 0 Å². The summed E-state index contributed by atoms with van der Waals surface area (Å²) in [7, 11) is 0. The first kappa shape index (κ1) is 13.5. The highest BCUT2D eigenvalue weighted by Crippen LogP contribution is 2.37. The van der Waals surface area contributed by atoms with Crippen molar-refractivity contribution in [2.75, 3.05) is 19.8 Å². The molecule has 1 saturated carbocycles. The molecule has 1 unspecified atom stereocenters. The number of amides is 1. The third-order valence-electron chi connectivity index (χ3n) is 3.38. The van der Waals surface area contributed by atoms with Crippen LogP contribution in [0.25, 0.3) is 0 Å². The zero-order valence-electron chi connectivity index (χ0n) is 10.4. The van der Waals surface area contributed by atoms with Crippen LogP contribution in [0.15, 0.2) is 0 Å². The first-order valence-corrected chi connectivity index (χ1v) is 6.23. The quantitative estimate of drug-likeness (QED) is 0.714. The Labute approximate surface area is 97.9 Å². The largest absolute Gasteiger partial charge is 0.380 e. The van der Waals surface area contributed by atoms with Crippen molar-refractivity contribution in [2.24, 2.45) is 11.1 Å². The van der Waals surface area contributed by atoms with Gasteiger partial charge in [-0.2, -0.15) is 0 Å². The summed E-state index contributed by atoms with van der Waals surface area (Å²) in [5.41, 5.74) is 5.45. The van der Waals surface area contributed by atoms with E-state index in [1.807, 2.05) is 13.8 Å². The van der Waals surface area contributed by atoms with E-state index in [9.17, 15) is 4.79 Å². The number of carbonyl (C=O) groups is 1. The van der Waals surface area contributed by atoms with E-state index in [-0.39, 0.29) is 17.4 Å². The third-order valence-corrected chi connectivity index (χ3v) is 3.38. The summed E-state index contributed by atoms with van der Waals surface area (Å²) in [6.07, 6.45) is 4.09. The average Bonchev–Trinajstić information content (AvgIpc) is 2.76. The van der Waals surface area contributed by atoms with E-state index in [1.165, 1.54) is 0 Å². The van der Waals surface area contributed by atoms with Gasteiger partial charge in [-0.05, 0) is 26.7 Å².